The minimum atomic E-state index is -0.544. The first kappa shape index (κ1) is 16.4. The average molecular weight is 363 g/mol. The molecule has 0 saturated carbocycles. The lowest BCUT2D eigenvalue weighted by Crippen LogP contribution is -2.41. The first-order valence-corrected chi connectivity index (χ1v) is 7.77. The molecule has 5 nitrogen and oxygen atoms in total. The molecule has 24 heavy (non-hydrogen) atoms. The van der Waals surface area contributed by atoms with Crippen molar-refractivity contribution in [2.24, 2.45) is 0 Å². The second-order valence-corrected chi connectivity index (χ2v) is 5.90. The van der Waals surface area contributed by atoms with E-state index in [0.29, 0.717) is 16.2 Å². The SMILES string of the molecule is Cc1c(C(=O)NNC(=O)c2ccc(Cl)c(Cl)c2)oc2ccccc12. The van der Waals surface area contributed by atoms with Gasteiger partial charge in [-0.05, 0) is 31.2 Å². The first-order chi connectivity index (χ1) is 11.5. The smallest absolute Gasteiger partial charge is 0.305 e. The summed E-state index contributed by atoms with van der Waals surface area (Å²) in [7, 11) is 0. The van der Waals surface area contributed by atoms with E-state index in [4.69, 9.17) is 27.6 Å². The zero-order chi connectivity index (χ0) is 17.3. The van der Waals surface area contributed by atoms with E-state index in [1.807, 2.05) is 18.2 Å². The van der Waals surface area contributed by atoms with E-state index in [1.54, 1.807) is 13.0 Å². The van der Waals surface area contributed by atoms with Crippen molar-refractivity contribution >= 4 is 46.0 Å². The van der Waals surface area contributed by atoms with Gasteiger partial charge in [0, 0.05) is 16.5 Å². The predicted molar refractivity (Wildman–Crippen MR) is 92.3 cm³/mol. The van der Waals surface area contributed by atoms with Gasteiger partial charge >= 0.3 is 5.91 Å². The molecule has 0 saturated heterocycles. The molecule has 0 aliphatic rings. The molecule has 7 heteroatoms. The van der Waals surface area contributed by atoms with E-state index in [0.717, 1.165) is 5.39 Å². The molecule has 2 N–H and O–H groups in total. The standard InChI is InChI=1S/C17H12Cl2N2O3/c1-9-11-4-2-3-5-14(11)24-15(9)17(23)21-20-16(22)10-6-7-12(18)13(19)8-10/h2-8H,1H3,(H,20,22)(H,21,23). The maximum atomic E-state index is 12.2. The highest BCUT2D eigenvalue weighted by atomic mass is 35.5. The molecule has 0 spiro atoms. The van der Waals surface area contributed by atoms with Crippen LogP contribution in [0.25, 0.3) is 11.0 Å². The molecule has 122 valence electrons. The van der Waals surface area contributed by atoms with E-state index >= 15 is 0 Å². The van der Waals surface area contributed by atoms with Crippen LogP contribution in [0.3, 0.4) is 0 Å². The fourth-order valence-electron chi connectivity index (χ4n) is 2.27. The van der Waals surface area contributed by atoms with E-state index in [2.05, 4.69) is 10.9 Å². The maximum Gasteiger partial charge on any atom is 0.305 e. The summed E-state index contributed by atoms with van der Waals surface area (Å²) in [5.41, 5.74) is 6.22. The molecule has 3 rings (SSSR count). The summed E-state index contributed by atoms with van der Waals surface area (Å²) in [6.45, 7) is 1.78. The van der Waals surface area contributed by atoms with E-state index in [-0.39, 0.29) is 16.3 Å². The Morgan fingerprint density at radius 2 is 1.67 bits per heavy atom. The van der Waals surface area contributed by atoms with E-state index in [1.165, 1.54) is 18.2 Å². The quantitative estimate of drug-likeness (QED) is 0.673. The van der Waals surface area contributed by atoms with Gasteiger partial charge < -0.3 is 4.42 Å². The number of amides is 2. The molecule has 0 fully saturated rings. The van der Waals surface area contributed by atoms with E-state index in [9.17, 15) is 9.59 Å². The monoisotopic (exact) mass is 362 g/mol. The number of furan rings is 1. The molecular formula is C17H12Cl2N2O3. The van der Waals surface area contributed by atoms with Crippen LogP contribution in [-0.2, 0) is 0 Å². The van der Waals surface area contributed by atoms with Crippen molar-refractivity contribution < 1.29 is 14.0 Å². The lowest BCUT2D eigenvalue weighted by atomic mass is 10.1. The molecule has 1 aromatic heterocycles. The average Bonchev–Trinajstić information content (AvgIpc) is 2.92. The number of hydrogen-bond acceptors (Lipinski definition) is 3. The molecule has 0 bridgehead atoms. The van der Waals surface area contributed by atoms with Crippen LogP contribution < -0.4 is 10.9 Å². The summed E-state index contributed by atoms with van der Waals surface area (Å²) < 4.78 is 5.53. The summed E-state index contributed by atoms with van der Waals surface area (Å²) in [6.07, 6.45) is 0. The number of carbonyl (C=O) groups is 2. The van der Waals surface area contributed by atoms with Crippen molar-refractivity contribution in [3.05, 3.63) is 69.4 Å². The number of hydrogen-bond donors (Lipinski definition) is 2. The molecule has 2 amide bonds. The Bertz CT molecular complexity index is 950. The summed E-state index contributed by atoms with van der Waals surface area (Å²) in [5.74, 6) is -0.918. The second-order valence-electron chi connectivity index (χ2n) is 5.09. The molecule has 1 heterocycles. The number of fused-ring (bicyclic) bond motifs is 1. The summed E-state index contributed by atoms with van der Waals surface area (Å²) >= 11 is 11.7. The van der Waals surface area contributed by atoms with Gasteiger partial charge in [-0.1, -0.05) is 41.4 Å². The Hall–Kier alpha value is -2.50. The van der Waals surface area contributed by atoms with Gasteiger partial charge in [-0.15, -0.1) is 0 Å². The Balaban J connectivity index is 1.73. The molecule has 0 unspecified atom stereocenters. The number of para-hydroxylation sites is 1. The first-order valence-electron chi connectivity index (χ1n) is 7.01. The van der Waals surface area contributed by atoms with Crippen molar-refractivity contribution in [3.63, 3.8) is 0 Å². The van der Waals surface area contributed by atoms with Gasteiger partial charge in [0.25, 0.3) is 5.91 Å². The van der Waals surface area contributed by atoms with Crippen LogP contribution in [0, 0.1) is 6.92 Å². The third-order valence-electron chi connectivity index (χ3n) is 3.52. The van der Waals surface area contributed by atoms with Gasteiger partial charge in [0.15, 0.2) is 5.76 Å². The summed E-state index contributed by atoms with van der Waals surface area (Å²) in [5, 5.41) is 1.44. The Morgan fingerprint density at radius 3 is 2.38 bits per heavy atom. The zero-order valence-corrected chi connectivity index (χ0v) is 14.0. The number of nitrogens with one attached hydrogen (secondary N) is 2. The van der Waals surface area contributed by atoms with Gasteiger partial charge in [0.1, 0.15) is 5.58 Å². The molecular weight excluding hydrogens is 351 g/mol. The second kappa shape index (κ2) is 6.55. The van der Waals surface area contributed by atoms with Crippen molar-refractivity contribution in [2.75, 3.05) is 0 Å². The number of halogens is 2. The normalized spacial score (nSPS) is 10.6. The molecule has 0 atom stereocenters. The van der Waals surface area contributed by atoms with Gasteiger partial charge in [0.05, 0.1) is 10.0 Å². The van der Waals surface area contributed by atoms with Gasteiger partial charge in [-0.2, -0.15) is 0 Å². The van der Waals surface area contributed by atoms with Crippen LogP contribution in [0.4, 0.5) is 0 Å². The van der Waals surface area contributed by atoms with Crippen LogP contribution in [0.15, 0.2) is 46.9 Å². The molecule has 0 aliphatic carbocycles. The van der Waals surface area contributed by atoms with Crippen LogP contribution in [-0.4, -0.2) is 11.8 Å². The minimum absolute atomic E-state index is 0.144. The summed E-state index contributed by atoms with van der Waals surface area (Å²) in [6, 6.07) is 11.7. The lowest BCUT2D eigenvalue weighted by molar-refractivity contribution is 0.0831. The molecule has 2 aromatic carbocycles. The fourth-order valence-corrected chi connectivity index (χ4v) is 2.57. The fraction of sp³-hybridized carbons (Fsp3) is 0.0588. The third-order valence-corrected chi connectivity index (χ3v) is 4.26. The lowest BCUT2D eigenvalue weighted by Gasteiger charge is -2.07. The number of aryl methyl sites for hydroxylation is 1. The number of carbonyl (C=O) groups excluding carboxylic acids is 2. The maximum absolute atomic E-state index is 12.2. The van der Waals surface area contributed by atoms with Gasteiger partial charge in [0.2, 0.25) is 0 Å². The van der Waals surface area contributed by atoms with Crippen molar-refractivity contribution in [3.8, 4) is 0 Å². The number of rotatable bonds is 2. The Labute approximate surface area is 147 Å². The molecule has 0 aliphatic heterocycles. The minimum Gasteiger partial charge on any atom is -0.451 e. The Kier molecular flexibility index (Phi) is 4.46. The van der Waals surface area contributed by atoms with Crippen LogP contribution in [0.1, 0.15) is 26.5 Å². The van der Waals surface area contributed by atoms with Gasteiger partial charge in [-0.3, -0.25) is 20.4 Å². The zero-order valence-electron chi connectivity index (χ0n) is 12.5. The Morgan fingerprint density at radius 1 is 0.958 bits per heavy atom. The highest BCUT2D eigenvalue weighted by molar-refractivity contribution is 6.42. The molecule has 3 aromatic rings. The van der Waals surface area contributed by atoms with E-state index < -0.39 is 11.8 Å². The predicted octanol–water partition coefficient (Wildman–Crippen LogP) is 4.12. The van der Waals surface area contributed by atoms with Crippen molar-refractivity contribution in [1.82, 2.24) is 10.9 Å². The highest BCUT2D eigenvalue weighted by Gasteiger charge is 2.18. The number of hydrazine groups is 1. The largest absolute Gasteiger partial charge is 0.451 e. The number of benzene rings is 2. The highest BCUT2D eigenvalue weighted by Crippen LogP contribution is 2.25. The molecule has 0 radical (unpaired) electrons. The topological polar surface area (TPSA) is 71.3 Å². The van der Waals surface area contributed by atoms with Crippen LogP contribution in [0.2, 0.25) is 10.0 Å². The van der Waals surface area contributed by atoms with Crippen LogP contribution in [0.5, 0.6) is 0 Å². The van der Waals surface area contributed by atoms with Crippen molar-refractivity contribution in [2.45, 2.75) is 6.92 Å². The van der Waals surface area contributed by atoms with Crippen LogP contribution >= 0.6 is 23.2 Å². The third kappa shape index (κ3) is 3.09. The van der Waals surface area contributed by atoms with Gasteiger partial charge in [-0.25, -0.2) is 0 Å². The summed E-state index contributed by atoms with van der Waals surface area (Å²) in [4.78, 5) is 24.3. The van der Waals surface area contributed by atoms with Crippen molar-refractivity contribution in [1.29, 1.82) is 0 Å².